The van der Waals surface area contributed by atoms with Crippen LogP contribution in [0.2, 0.25) is 0 Å². The molecule has 0 spiro atoms. The first kappa shape index (κ1) is 13.9. The van der Waals surface area contributed by atoms with Crippen molar-refractivity contribution in [2.75, 3.05) is 20.8 Å². The summed E-state index contributed by atoms with van der Waals surface area (Å²) in [7, 11) is 2.74. The Morgan fingerprint density at radius 3 is 2.47 bits per heavy atom. The first-order valence-corrected chi connectivity index (χ1v) is 5.01. The first-order valence-electron chi connectivity index (χ1n) is 5.01. The van der Waals surface area contributed by atoms with Crippen molar-refractivity contribution in [3.63, 3.8) is 0 Å². The van der Waals surface area contributed by atoms with Gasteiger partial charge in [-0.25, -0.2) is 4.79 Å². The minimum atomic E-state index is -0.558. The molecule has 0 aliphatic carbocycles. The van der Waals surface area contributed by atoms with Gasteiger partial charge in [0.25, 0.3) is 0 Å². The number of esters is 1. The van der Waals surface area contributed by atoms with Gasteiger partial charge in [0.15, 0.2) is 0 Å². The third-order valence-electron chi connectivity index (χ3n) is 1.94. The fourth-order valence-electron chi connectivity index (χ4n) is 1.17. The van der Waals surface area contributed by atoms with E-state index in [1.165, 1.54) is 14.2 Å². The van der Waals surface area contributed by atoms with E-state index in [0.29, 0.717) is 6.42 Å². The number of unbranched alkanes of at least 4 members (excludes halogenated alkanes) is 1. The van der Waals surface area contributed by atoms with Crippen LogP contribution in [0.4, 0.5) is 0 Å². The molecule has 0 radical (unpaired) electrons. The van der Waals surface area contributed by atoms with Crippen molar-refractivity contribution in [3.05, 3.63) is 0 Å². The Hall–Kier alpha value is -1.10. The summed E-state index contributed by atoms with van der Waals surface area (Å²) in [6, 6.07) is -0.558. The number of amides is 1. The van der Waals surface area contributed by atoms with Gasteiger partial charge in [0.1, 0.15) is 12.6 Å². The van der Waals surface area contributed by atoms with Crippen LogP contribution in [0.1, 0.15) is 26.2 Å². The zero-order chi connectivity index (χ0) is 11.7. The lowest BCUT2D eigenvalue weighted by molar-refractivity contribution is -0.145. The van der Waals surface area contributed by atoms with E-state index in [4.69, 9.17) is 0 Å². The molecule has 0 aliphatic heterocycles. The lowest BCUT2D eigenvalue weighted by Gasteiger charge is -2.15. The Balaban J connectivity index is 4.11. The first-order chi connectivity index (χ1) is 7.15. The Labute approximate surface area is 90.1 Å². The molecule has 0 aromatic heterocycles. The van der Waals surface area contributed by atoms with Crippen molar-refractivity contribution in [2.24, 2.45) is 0 Å². The van der Waals surface area contributed by atoms with Crippen LogP contribution in [0, 0.1) is 0 Å². The molecule has 5 nitrogen and oxygen atoms in total. The number of hydrogen-bond acceptors (Lipinski definition) is 4. The summed E-state index contributed by atoms with van der Waals surface area (Å²) in [5, 5.41) is 2.56. The van der Waals surface area contributed by atoms with Gasteiger partial charge in [0, 0.05) is 7.11 Å². The summed E-state index contributed by atoms with van der Waals surface area (Å²) < 4.78 is 9.25. The van der Waals surface area contributed by atoms with Gasteiger partial charge >= 0.3 is 5.97 Å². The quantitative estimate of drug-likeness (QED) is 0.630. The maximum atomic E-state index is 11.3. The van der Waals surface area contributed by atoms with Gasteiger partial charge in [-0.05, 0) is 6.42 Å². The lowest BCUT2D eigenvalue weighted by Crippen LogP contribution is -2.42. The van der Waals surface area contributed by atoms with Gasteiger partial charge in [0.05, 0.1) is 7.11 Å². The van der Waals surface area contributed by atoms with Crippen LogP contribution < -0.4 is 5.32 Å². The van der Waals surface area contributed by atoms with E-state index < -0.39 is 12.0 Å². The lowest BCUT2D eigenvalue weighted by atomic mass is 10.1. The molecule has 0 saturated heterocycles. The maximum absolute atomic E-state index is 11.3. The highest BCUT2D eigenvalue weighted by Gasteiger charge is 2.20. The van der Waals surface area contributed by atoms with Gasteiger partial charge in [-0.2, -0.15) is 0 Å². The number of rotatable bonds is 7. The van der Waals surface area contributed by atoms with Crippen LogP contribution in [0.5, 0.6) is 0 Å². The molecule has 88 valence electrons. The predicted octanol–water partition coefficient (Wildman–Crippen LogP) is 0.481. The molecular weight excluding hydrogens is 198 g/mol. The van der Waals surface area contributed by atoms with Crippen LogP contribution in [-0.4, -0.2) is 38.7 Å². The summed E-state index contributed by atoms with van der Waals surface area (Å²) in [4.78, 5) is 22.5. The minimum Gasteiger partial charge on any atom is -0.467 e. The Morgan fingerprint density at radius 1 is 1.33 bits per heavy atom. The largest absolute Gasteiger partial charge is 0.467 e. The van der Waals surface area contributed by atoms with Gasteiger partial charge in [-0.15, -0.1) is 0 Å². The van der Waals surface area contributed by atoms with E-state index in [1.54, 1.807) is 0 Å². The van der Waals surface area contributed by atoms with Crippen LogP contribution in [0.15, 0.2) is 0 Å². The molecule has 1 unspecified atom stereocenters. The van der Waals surface area contributed by atoms with Crippen molar-refractivity contribution in [1.82, 2.24) is 5.32 Å². The van der Waals surface area contributed by atoms with Gasteiger partial charge in [0.2, 0.25) is 5.91 Å². The minimum absolute atomic E-state index is 0.0420. The molecule has 0 aromatic carbocycles. The van der Waals surface area contributed by atoms with Crippen LogP contribution >= 0.6 is 0 Å². The topological polar surface area (TPSA) is 64.6 Å². The highest BCUT2D eigenvalue weighted by Crippen LogP contribution is 2.02. The van der Waals surface area contributed by atoms with Crippen LogP contribution in [-0.2, 0) is 19.1 Å². The smallest absolute Gasteiger partial charge is 0.328 e. The van der Waals surface area contributed by atoms with Crippen molar-refractivity contribution in [2.45, 2.75) is 32.2 Å². The molecule has 0 aliphatic rings. The summed E-state index contributed by atoms with van der Waals surface area (Å²) in [6.07, 6.45) is 2.43. The second-order valence-electron chi connectivity index (χ2n) is 3.22. The predicted molar refractivity (Wildman–Crippen MR) is 55.3 cm³/mol. The maximum Gasteiger partial charge on any atom is 0.328 e. The molecule has 1 N–H and O–H groups in total. The molecule has 0 heterocycles. The molecule has 1 atom stereocenters. The average Bonchev–Trinajstić information content (AvgIpc) is 2.23. The van der Waals surface area contributed by atoms with E-state index >= 15 is 0 Å². The molecule has 0 rings (SSSR count). The van der Waals surface area contributed by atoms with Gasteiger partial charge in [-0.1, -0.05) is 19.8 Å². The van der Waals surface area contributed by atoms with Crippen molar-refractivity contribution < 1.29 is 19.1 Å². The number of methoxy groups -OCH3 is 2. The third-order valence-corrected chi connectivity index (χ3v) is 1.94. The normalized spacial score (nSPS) is 11.9. The van der Waals surface area contributed by atoms with E-state index in [-0.39, 0.29) is 12.5 Å². The Morgan fingerprint density at radius 2 is 2.00 bits per heavy atom. The van der Waals surface area contributed by atoms with Crippen molar-refractivity contribution in [3.8, 4) is 0 Å². The third kappa shape index (κ3) is 6.06. The van der Waals surface area contributed by atoms with Crippen molar-refractivity contribution >= 4 is 11.9 Å². The number of carbonyl (C=O) groups is 2. The summed E-state index contributed by atoms with van der Waals surface area (Å²) >= 11 is 0. The molecule has 0 fully saturated rings. The summed E-state index contributed by atoms with van der Waals surface area (Å²) in [5.74, 6) is -0.711. The molecule has 0 aromatic rings. The highest BCUT2D eigenvalue weighted by atomic mass is 16.5. The van der Waals surface area contributed by atoms with Crippen molar-refractivity contribution in [1.29, 1.82) is 0 Å². The number of ether oxygens (including phenoxy) is 2. The van der Waals surface area contributed by atoms with Gasteiger partial charge < -0.3 is 14.8 Å². The highest BCUT2D eigenvalue weighted by molar-refractivity contribution is 5.84. The average molecular weight is 217 g/mol. The summed E-state index contributed by atoms with van der Waals surface area (Å²) in [5.41, 5.74) is 0. The summed E-state index contributed by atoms with van der Waals surface area (Å²) in [6.45, 7) is 1.98. The van der Waals surface area contributed by atoms with Crippen LogP contribution in [0.25, 0.3) is 0 Å². The number of carbonyl (C=O) groups excluding carboxylic acids is 2. The molecular formula is C10H19NO4. The Bertz CT molecular complexity index is 206. The van der Waals surface area contributed by atoms with Gasteiger partial charge in [-0.3, -0.25) is 4.79 Å². The van der Waals surface area contributed by atoms with E-state index in [2.05, 4.69) is 14.8 Å². The van der Waals surface area contributed by atoms with E-state index in [0.717, 1.165) is 12.8 Å². The molecule has 0 bridgehead atoms. The molecule has 15 heavy (non-hydrogen) atoms. The fourth-order valence-corrected chi connectivity index (χ4v) is 1.17. The molecule has 0 saturated carbocycles. The molecule has 1 amide bonds. The second-order valence-corrected chi connectivity index (χ2v) is 3.22. The fraction of sp³-hybridized carbons (Fsp3) is 0.800. The number of nitrogens with one attached hydrogen (secondary N) is 1. The van der Waals surface area contributed by atoms with Crippen LogP contribution in [0.3, 0.4) is 0 Å². The zero-order valence-electron chi connectivity index (χ0n) is 9.54. The van der Waals surface area contributed by atoms with E-state index in [9.17, 15) is 9.59 Å². The zero-order valence-corrected chi connectivity index (χ0v) is 9.54. The standard InChI is InChI=1S/C10H19NO4/c1-4-5-6-8(10(13)15-3)11-9(12)7-14-2/h8H,4-7H2,1-3H3,(H,11,12). The SMILES string of the molecule is CCCCC(NC(=O)COC)C(=O)OC. The monoisotopic (exact) mass is 217 g/mol. The number of hydrogen-bond donors (Lipinski definition) is 1. The van der Waals surface area contributed by atoms with E-state index in [1.807, 2.05) is 6.92 Å². The molecule has 5 heteroatoms. The Kier molecular flexibility index (Phi) is 7.62. The second kappa shape index (κ2) is 8.23.